The van der Waals surface area contributed by atoms with Crippen LogP contribution in [-0.2, 0) is 7.05 Å². The molecule has 2 N–H and O–H groups in total. The van der Waals surface area contributed by atoms with Crippen LogP contribution in [0, 0.1) is 16.4 Å². The largest absolute Gasteiger partial charge is 0.290 e. The molecule has 0 saturated carbocycles. The van der Waals surface area contributed by atoms with Crippen LogP contribution in [0.5, 0.6) is 0 Å². The molecule has 2 heterocycles. The van der Waals surface area contributed by atoms with Gasteiger partial charge < -0.3 is 0 Å². The summed E-state index contributed by atoms with van der Waals surface area (Å²) in [5.41, 5.74) is 3.33. The summed E-state index contributed by atoms with van der Waals surface area (Å²) in [6.07, 6.45) is 2.74. The fraction of sp³-hybridized carbons (Fsp3) is 0.200. The SMILES string of the molecule is Cc1nn(C)c(F)c1/C=N/NC(=O)c1[nH]ncc1I. The summed E-state index contributed by atoms with van der Waals surface area (Å²) in [4.78, 5) is 11.7. The molecule has 0 unspecified atom stereocenters. The van der Waals surface area contributed by atoms with E-state index in [1.54, 1.807) is 6.92 Å². The van der Waals surface area contributed by atoms with Gasteiger partial charge in [0.25, 0.3) is 5.91 Å². The summed E-state index contributed by atoms with van der Waals surface area (Å²) in [5, 5.41) is 13.9. The molecule has 0 aliphatic rings. The summed E-state index contributed by atoms with van der Waals surface area (Å²) in [6, 6.07) is 0. The van der Waals surface area contributed by atoms with Crippen LogP contribution >= 0.6 is 22.6 Å². The van der Waals surface area contributed by atoms with Gasteiger partial charge >= 0.3 is 0 Å². The summed E-state index contributed by atoms with van der Waals surface area (Å²) in [7, 11) is 1.49. The highest BCUT2D eigenvalue weighted by Crippen LogP contribution is 2.09. The van der Waals surface area contributed by atoms with E-state index in [4.69, 9.17) is 0 Å². The first-order chi connectivity index (χ1) is 9.00. The second kappa shape index (κ2) is 5.47. The van der Waals surface area contributed by atoms with Crippen LogP contribution in [0.4, 0.5) is 4.39 Å². The van der Waals surface area contributed by atoms with Crippen molar-refractivity contribution in [1.82, 2.24) is 25.4 Å². The minimum Gasteiger partial charge on any atom is -0.272 e. The molecule has 7 nitrogen and oxygen atoms in total. The minimum atomic E-state index is -0.508. The Morgan fingerprint density at radius 3 is 2.95 bits per heavy atom. The molecular weight excluding hydrogens is 366 g/mol. The van der Waals surface area contributed by atoms with Gasteiger partial charge in [0.15, 0.2) is 0 Å². The second-order valence-corrected chi connectivity index (χ2v) is 4.87. The van der Waals surface area contributed by atoms with E-state index in [9.17, 15) is 9.18 Å². The number of nitrogens with one attached hydrogen (secondary N) is 2. The lowest BCUT2D eigenvalue weighted by atomic mass is 10.3. The molecule has 0 aliphatic carbocycles. The molecule has 0 fully saturated rings. The summed E-state index contributed by atoms with van der Waals surface area (Å²) < 4.78 is 15.3. The van der Waals surface area contributed by atoms with E-state index in [0.29, 0.717) is 15.0 Å². The molecular formula is C10H10FIN6O. The van der Waals surface area contributed by atoms with Crippen LogP contribution in [0.3, 0.4) is 0 Å². The molecule has 1 amide bonds. The maximum absolute atomic E-state index is 13.6. The average Bonchev–Trinajstić information content (AvgIpc) is 2.88. The smallest absolute Gasteiger partial charge is 0.272 e. The van der Waals surface area contributed by atoms with E-state index in [1.807, 2.05) is 22.6 Å². The molecule has 0 atom stereocenters. The number of hydrogen-bond donors (Lipinski definition) is 2. The Morgan fingerprint density at radius 1 is 1.68 bits per heavy atom. The fourth-order valence-electron chi connectivity index (χ4n) is 1.44. The van der Waals surface area contributed by atoms with Crippen LogP contribution in [-0.4, -0.2) is 32.1 Å². The van der Waals surface area contributed by atoms with E-state index >= 15 is 0 Å². The number of halogens is 2. The van der Waals surface area contributed by atoms with Gasteiger partial charge in [0.2, 0.25) is 5.95 Å². The molecule has 100 valence electrons. The molecule has 0 aromatic carbocycles. The highest BCUT2D eigenvalue weighted by atomic mass is 127. The number of carbonyl (C=O) groups excluding carboxylic acids is 1. The first kappa shape index (κ1) is 13.6. The average molecular weight is 376 g/mol. The Morgan fingerprint density at radius 2 is 2.42 bits per heavy atom. The molecule has 2 aromatic rings. The number of aryl methyl sites for hydroxylation is 2. The van der Waals surface area contributed by atoms with Crippen molar-refractivity contribution in [1.29, 1.82) is 0 Å². The van der Waals surface area contributed by atoms with Crippen molar-refractivity contribution >= 4 is 34.7 Å². The Kier molecular flexibility index (Phi) is 3.93. The number of aromatic amines is 1. The van der Waals surface area contributed by atoms with Crippen molar-refractivity contribution < 1.29 is 9.18 Å². The molecule has 0 aliphatic heterocycles. The van der Waals surface area contributed by atoms with Crippen LogP contribution < -0.4 is 5.43 Å². The fourth-order valence-corrected chi connectivity index (χ4v) is 1.94. The standard InChI is InChI=1S/C10H10FIN6O/c1-5-6(9(11)18(2)17-5)3-13-16-10(19)8-7(12)4-14-15-8/h3-4H,1-2H3,(H,14,15)(H,16,19)/b13-3+. The van der Waals surface area contributed by atoms with Crippen molar-refractivity contribution in [2.45, 2.75) is 6.92 Å². The molecule has 0 spiro atoms. The zero-order valence-corrected chi connectivity index (χ0v) is 12.3. The predicted octanol–water partition coefficient (Wildman–Crippen LogP) is 0.959. The van der Waals surface area contributed by atoms with Gasteiger partial charge in [0.05, 0.1) is 27.2 Å². The summed E-state index contributed by atoms with van der Waals surface area (Å²) >= 11 is 1.97. The third kappa shape index (κ3) is 2.80. The van der Waals surface area contributed by atoms with Gasteiger partial charge in [-0.3, -0.25) is 9.89 Å². The van der Waals surface area contributed by atoms with Crippen molar-refractivity contribution in [2.75, 3.05) is 0 Å². The highest BCUT2D eigenvalue weighted by Gasteiger charge is 2.12. The second-order valence-electron chi connectivity index (χ2n) is 3.71. The van der Waals surface area contributed by atoms with E-state index < -0.39 is 11.9 Å². The molecule has 0 saturated heterocycles. The Balaban J connectivity index is 2.09. The quantitative estimate of drug-likeness (QED) is 0.475. The number of rotatable bonds is 3. The third-order valence-electron chi connectivity index (χ3n) is 2.38. The van der Waals surface area contributed by atoms with Gasteiger partial charge in [-0.05, 0) is 29.5 Å². The van der Waals surface area contributed by atoms with Crippen molar-refractivity contribution in [3.05, 3.63) is 32.7 Å². The van der Waals surface area contributed by atoms with E-state index in [0.717, 1.165) is 4.68 Å². The maximum atomic E-state index is 13.6. The van der Waals surface area contributed by atoms with Crippen LogP contribution in [0.2, 0.25) is 0 Å². The topological polar surface area (TPSA) is 88.0 Å². The summed E-state index contributed by atoms with van der Waals surface area (Å²) in [5.74, 6) is -0.952. The lowest BCUT2D eigenvalue weighted by Gasteiger charge is -1.96. The van der Waals surface area contributed by atoms with Gasteiger partial charge in [0, 0.05) is 7.05 Å². The van der Waals surface area contributed by atoms with Gasteiger partial charge in [-0.1, -0.05) is 0 Å². The Labute approximate surface area is 121 Å². The van der Waals surface area contributed by atoms with Gasteiger partial charge in [0.1, 0.15) is 5.69 Å². The van der Waals surface area contributed by atoms with E-state index in [2.05, 4.69) is 25.8 Å². The zero-order valence-electron chi connectivity index (χ0n) is 10.1. The van der Waals surface area contributed by atoms with Gasteiger partial charge in [-0.15, -0.1) is 0 Å². The Hall–Kier alpha value is -1.78. The van der Waals surface area contributed by atoms with Crippen molar-refractivity contribution in [3.8, 4) is 0 Å². The lowest BCUT2D eigenvalue weighted by Crippen LogP contribution is -2.19. The van der Waals surface area contributed by atoms with Crippen molar-refractivity contribution in [2.24, 2.45) is 12.1 Å². The number of amides is 1. The van der Waals surface area contributed by atoms with Gasteiger partial charge in [-0.2, -0.15) is 19.7 Å². The number of aromatic nitrogens is 4. The van der Waals surface area contributed by atoms with Crippen LogP contribution in [0.15, 0.2) is 11.3 Å². The van der Waals surface area contributed by atoms with E-state index in [-0.39, 0.29) is 5.56 Å². The lowest BCUT2D eigenvalue weighted by molar-refractivity contribution is 0.0949. The zero-order chi connectivity index (χ0) is 14.0. The molecule has 0 bridgehead atoms. The Bertz CT molecular complexity index is 646. The van der Waals surface area contributed by atoms with Crippen LogP contribution in [0.25, 0.3) is 0 Å². The monoisotopic (exact) mass is 376 g/mol. The minimum absolute atomic E-state index is 0.238. The third-order valence-corrected chi connectivity index (χ3v) is 3.19. The molecule has 2 rings (SSSR count). The number of nitrogens with zero attached hydrogens (tertiary/aromatic N) is 4. The first-order valence-electron chi connectivity index (χ1n) is 5.22. The highest BCUT2D eigenvalue weighted by molar-refractivity contribution is 14.1. The molecule has 19 heavy (non-hydrogen) atoms. The van der Waals surface area contributed by atoms with E-state index in [1.165, 1.54) is 19.5 Å². The van der Waals surface area contributed by atoms with Gasteiger partial charge in [-0.25, -0.2) is 10.1 Å². The normalized spacial score (nSPS) is 11.2. The maximum Gasteiger partial charge on any atom is 0.290 e. The molecule has 9 heteroatoms. The van der Waals surface area contributed by atoms with Crippen molar-refractivity contribution in [3.63, 3.8) is 0 Å². The number of hydrazone groups is 1. The summed E-state index contributed by atoms with van der Waals surface area (Å²) in [6.45, 7) is 1.66. The first-order valence-corrected chi connectivity index (χ1v) is 6.30. The number of H-pyrrole nitrogens is 1. The predicted molar refractivity (Wildman–Crippen MR) is 74.3 cm³/mol. The molecule has 2 aromatic heterocycles. The number of carbonyl (C=O) groups is 1. The van der Waals surface area contributed by atoms with Crippen LogP contribution in [0.1, 0.15) is 21.7 Å². The number of hydrogen-bond acceptors (Lipinski definition) is 4. The molecule has 0 radical (unpaired) electrons.